The van der Waals surface area contributed by atoms with Crippen molar-refractivity contribution in [2.24, 2.45) is 0 Å². The maximum atomic E-state index is 4.75. The maximum absolute atomic E-state index is 4.75. The smallest absolute Gasteiger partial charge is 0.129 e. The quantitative estimate of drug-likeness (QED) is 0.904. The molecule has 2 heterocycles. The standard InChI is InChI=1S/C16H20N2S/c1-12-10-13-6-3-4-7-14(13)18-15(12)17-11-16(2)8-5-9-19-16/h3-4,6-7,10H,5,8-9,11H2,1-2H3,(H,17,18). The number of fused-ring (bicyclic) bond motifs is 1. The lowest BCUT2D eigenvalue weighted by atomic mass is 10.1. The largest absolute Gasteiger partial charge is 0.368 e. The fourth-order valence-corrected chi connectivity index (χ4v) is 3.89. The van der Waals surface area contributed by atoms with E-state index in [1.807, 2.05) is 6.07 Å². The van der Waals surface area contributed by atoms with Gasteiger partial charge in [-0.3, -0.25) is 0 Å². The van der Waals surface area contributed by atoms with E-state index in [4.69, 9.17) is 4.98 Å². The first-order valence-electron chi connectivity index (χ1n) is 6.91. The summed E-state index contributed by atoms with van der Waals surface area (Å²) in [5.74, 6) is 2.33. The van der Waals surface area contributed by atoms with Gasteiger partial charge in [0, 0.05) is 16.7 Å². The Kier molecular flexibility index (Phi) is 3.40. The van der Waals surface area contributed by atoms with Crippen LogP contribution in [0.4, 0.5) is 5.82 Å². The molecule has 2 aromatic rings. The summed E-state index contributed by atoms with van der Waals surface area (Å²) in [5.41, 5.74) is 2.30. The van der Waals surface area contributed by atoms with Gasteiger partial charge in [0.1, 0.15) is 5.82 Å². The second-order valence-electron chi connectivity index (χ2n) is 5.60. The van der Waals surface area contributed by atoms with E-state index in [-0.39, 0.29) is 0 Å². The van der Waals surface area contributed by atoms with Crippen LogP contribution in [0.1, 0.15) is 25.3 Å². The van der Waals surface area contributed by atoms with Gasteiger partial charge in [0.2, 0.25) is 0 Å². The lowest BCUT2D eigenvalue weighted by Gasteiger charge is -2.23. The van der Waals surface area contributed by atoms with Gasteiger partial charge in [0.25, 0.3) is 0 Å². The van der Waals surface area contributed by atoms with E-state index in [9.17, 15) is 0 Å². The highest BCUT2D eigenvalue weighted by atomic mass is 32.2. The molecule has 1 aliphatic rings. The first-order chi connectivity index (χ1) is 9.16. The number of benzene rings is 1. The fraction of sp³-hybridized carbons (Fsp3) is 0.438. The predicted octanol–water partition coefficient (Wildman–Crippen LogP) is 4.24. The van der Waals surface area contributed by atoms with Gasteiger partial charge in [-0.05, 0) is 50.1 Å². The van der Waals surface area contributed by atoms with Crippen LogP contribution in [0.3, 0.4) is 0 Å². The summed E-state index contributed by atoms with van der Waals surface area (Å²) < 4.78 is 0.375. The van der Waals surface area contributed by atoms with Crippen LogP contribution in [0.25, 0.3) is 10.9 Å². The zero-order valence-electron chi connectivity index (χ0n) is 11.6. The second kappa shape index (κ2) is 5.04. The number of pyridine rings is 1. The first-order valence-corrected chi connectivity index (χ1v) is 7.89. The highest BCUT2D eigenvalue weighted by Crippen LogP contribution is 2.37. The zero-order valence-corrected chi connectivity index (χ0v) is 12.4. The molecule has 3 rings (SSSR count). The molecule has 0 saturated carbocycles. The lowest BCUT2D eigenvalue weighted by molar-refractivity contribution is 0.633. The van der Waals surface area contributed by atoms with Crippen LogP contribution in [0.2, 0.25) is 0 Å². The molecule has 100 valence electrons. The minimum atomic E-state index is 0.375. The van der Waals surface area contributed by atoms with Crippen molar-refractivity contribution in [2.75, 3.05) is 17.6 Å². The molecule has 1 N–H and O–H groups in total. The van der Waals surface area contributed by atoms with Gasteiger partial charge in [-0.15, -0.1) is 0 Å². The number of aryl methyl sites for hydroxylation is 1. The lowest BCUT2D eigenvalue weighted by Crippen LogP contribution is -2.27. The van der Waals surface area contributed by atoms with Crippen molar-refractivity contribution in [1.82, 2.24) is 4.98 Å². The number of hydrogen-bond acceptors (Lipinski definition) is 3. The van der Waals surface area contributed by atoms with Crippen LogP contribution < -0.4 is 5.32 Å². The van der Waals surface area contributed by atoms with E-state index in [1.54, 1.807) is 0 Å². The Morgan fingerprint density at radius 1 is 1.37 bits per heavy atom. The van der Waals surface area contributed by atoms with E-state index in [0.717, 1.165) is 17.9 Å². The van der Waals surface area contributed by atoms with E-state index in [2.05, 4.69) is 55.2 Å². The van der Waals surface area contributed by atoms with Crippen LogP contribution in [0.5, 0.6) is 0 Å². The Labute approximate surface area is 119 Å². The van der Waals surface area contributed by atoms with Crippen molar-refractivity contribution in [2.45, 2.75) is 31.4 Å². The number of aromatic nitrogens is 1. The minimum absolute atomic E-state index is 0.375. The highest BCUT2D eigenvalue weighted by Gasteiger charge is 2.29. The Morgan fingerprint density at radius 2 is 2.21 bits per heavy atom. The molecule has 1 atom stereocenters. The van der Waals surface area contributed by atoms with E-state index in [1.165, 1.54) is 29.5 Å². The third kappa shape index (κ3) is 2.71. The Morgan fingerprint density at radius 3 is 3.00 bits per heavy atom. The van der Waals surface area contributed by atoms with Gasteiger partial charge in [0.05, 0.1) is 5.52 Å². The molecule has 1 fully saturated rings. The van der Waals surface area contributed by atoms with Crippen LogP contribution in [0.15, 0.2) is 30.3 Å². The van der Waals surface area contributed by atoms with Crippen LogP contribution in [0, 0.1) is 6.92 Å². The van der Waals surface area contributed by atoms with Gasteiger partial charge in [0.15, 0.2) is 0 Å². The number of nitrogens with zero attached hydrogens (tertiary/aromatic N) is 1. The molecular weight excluding hydrogens is 252 g/mol. The molecule has 1 aromatic carbocycles. The van der Waals surface area contributed by atoms with E-state index in [0.29, 0.717) is 4.75 Å². The van der Waals surface area contributed by atoms with Crippen molar-refractivity contribution >= 4 is 28.5 Å². The SMILES string of the molecule is Cc1cc2ccccc2nc1NCC1(C)CCCS1. The Balaban J connectivity index is 1.82. The number of para-hydroxylation sites is 1. The van der Waals surface area contributed by atoms with Gasteiger partial charge >= 0.3 is 0 Å². The van der Waals surface area contributed by atoms with Crippen LogP contribution >= 0.6 is 11.8 Å². The topological polar surface area (TPSA) is 24.9 Å². The monoisotopic (exact) mass is 272 g/mol. The molecule has 0 aliphatic carbocycles. The zero-order chi connectivity index (χ0) is 13.3. The fourth-order valence-electron chi connectivity index (χ4n) is 2.65. The van der Waals surface area contributed by atoms with Gasteiger partial charge < -0.3 is 5.32 Å². The highest BCUT2D eigenvalue weighted by molar-refractivity contribution is 8.00. The number of anilines is 1. The summed E-state index contributed by atoms with van der Waals surface area (Å²) in [6.07, 6.45) is 2.64. The molecule has 0 radical (unpaired) electrons. The van der Waals surface area contributed by atoms with Crippen molar-refractivity contribution in [1.29, 1.82) is 0 Å². The van der Waals surface area contributed by atoms with Gasteiger partial charge in [-0.2, -0.15) is 11.8 Å². The summed E-state index contributed by atoms with van der Waals surface area (Å²) >= 11 is 2.08. The number of nitrogens with one attached hydrogen (secondary N) is 1. The normalized spacial score (nSPS) is 22.8. The summed E-state index contributed by atoms with van der Waals surface area (Å²) in [7, 11) is 0. The van der Waals surface area contributed by atoms with Crippen molar-refractivity contribution < 1.29 is 0 Å². The van der Waals surface area contributed by atoms with E-state index >= 15 is 0 Å². The number of hydrogen-bond donors (Lipinski definition) is 1. The molecule has 1 unspecified atom stereocenters. The second-order valence-corrected chi connectivity index (χ2v) is 7.28. The average molecular weight is 272 g/mol. The van der Waals surface area contributed by atoms with Crippen LogP contribution in [-0.2, 0) is 0 Å². The molecular formula is C16H20N2S. The van der Waals surface area contributed by atoms with Gasteiger partial charge in [-0.1, -0.05) is 18.2 Å². The molecule has 1 aromatic heterocycles. The predicted molar refractivity (Wildman–Crippen MR) is 85.1 cm³/mol. The maximum Gasteiger partial charge on any atom is 0.129 e. The molecule has 0 amide bonds. The summed E-state index contributed by atoms with van der Waals surface area (Å²) in [5, 5.41) is 4.77. The van der Waals surface area contributed by atoms with Gasteiger partial charge in [-0.25, -0.2) is 4.98 Å². The van der Waals surface area contributed by atoms with Crippen molar-refractivity contribution in [3.8, 4) is 0 Å². The molecule has 2 nitrogen and oxygen atoms in total. The van der Waals surface area contributed by atoms with Crippen LogP contribution in [-0.4, -0.2) is 22.0 Å². The average Bonchev–Trinajstić information content (AvgIpc) is 2.84. The Hall–Kier alpha value is -1.22. The number of rotatable bonds is 3. The minimum Gasteiger partial charge on any atom is -0.368 e. The third-order valence-electron chi connectivity index (χ3n) is 3.84. The summed E-state index contributed by atoms with van der Waals surface area (Å²) in [6, 6.07) is 10.5. The summed E-state index contributed by atoms with van der Waals surface area (Å²) in [4.78, 5) is 4.75. The molecule has 3 heteroatoms. The van der Waals surface area contributed by atoms with Crippen molar-refractivity contribution in [3.05, 3.63) is 35.9 Å². The molecule has 0 bridgehead atoms. The first kappa shape index (κ1) is 12.8. The third-order valence-corrected chi connectivity index (χ3v) is 5.38. The molecule has 1 aliphatic heterocycles. The Bertz CT molecular complexity index is 588. The number of thioether (sulfide) groups is 1. The molecule has 0 spiro atoms. The molecule has 1 saturated heterocycles. The van der Waals surface area contributed by atoms with E-state index < -0.39 is 0 Å². The molecule has 19 heavy (non-hydrogen) atoms. The summed E-state index contributed by atoms with van der Waals surface area (Å²) in [6.45, 7) is 5.49. The van der Waals surface area contributed by atoms with Crippen molar-refractivity contribution in [3.63, 3.8) is 0 Å².